The Kier molecular flexibility index (Phi) is 9.66. The molecule has 2 fully saturated rings. The van der Waals surface area contributed by atoms with Crippen LogP contribution in [0.4, 0.5) is 0 Å². The Bertz CT molecular complexity index is 332. The molecule has 2 heterocycles. The van der Waals surface area contributed by atoms with Crippen molar-refractivity contribution in [2.75, 3.05) is 60.5 Å². The normalized spacial score (nSPS) is 24.4. The topological polar surface area (TPSA) is 40.1 Å². The molecule has 5 nitrogen and oxygen atoms in total. The number of hydrogen-bond donors (Lipinski definition) is 1. The predicted molar refractivity (Wildman–Crippen MR) is 103 cm³/mol. The van der Waals surface area contributed by atoms with Gasteiger partial charge in [-0.3, -0.25) is 4.99 Å². The summed E-state index contributed by atoms with van der Waals surface area (Å²) in [6, 6.07) is 0. The van der Waals surface area contributed by atoms with Crippen LogP contribution in [0.2, 0.25) is 0 Å². The van der Waals surface area contributed by atoms with E-state index < -0.39 is 0 Å². The molecule has 0 aliphatic carbocycles. The van der Waals surface area contributed by atoms with E-state index in [0.717, 1.165) is 38.1 Å². The Morgan fingerprint density at radius 2 is 1.86 bits per heavy atom. The molecule has 1 atom stereocenters. The van der Waals surface area contributed by atoms with E-state index in [1.807, 2.05) is 7.05 Å². The van der Waals surface area contributed by atoms with E-state index in [1.54, 1.807) is 7.11 Å². The number of likely N-dealkylation sites (tertiary alicyclic amines) is 2. The summed E-state index contributed by atoms with van der Waals surface area (Å²) >= 11 is 0. The molecule has 0 aromatic rings. The fraction of sp³-hybridized carbons (Fsp3) is 0.938. The third-order valence-electron chi connectivity index (χ3n) is 4.87. The van der Waals surface area contributed by atoms with Crippen LogP contribution in [0.1, 0.15) is 25.7 Å². The number of methoxy groups -OCH3 is 1. The van der Waals surface area contributed by atoms with Crippen LogP contribution in [-0.2, 0) is 4.74 Å². The van der Waals surface area contributed by atoms with Gasteiger partial charge in [-0.05, 0) is 51.7 Å². The number of nitrogens with one attached hydrogen (secondary N) is 1. The van der Waals surface area contributed by atoms with Crippen LogP contribution in [0, 0.1) is 11.8 Å². The third-order valence-corrected chi connectivity index (χ3v) is 4.87. The van der Waals surface area contributed by atoms with Crippen LogP contribution >= 0.6 is 24.0 Å². The van der Waals surface area contributed by atoms with Crippen molar-refractivity contribution in [3.63, 3.8) is 0 Å². The maximum atomic E-state index is 5.27. The molecule has 22 heavy (non-hydrogen) atoms. The van der Waals surface area contributed by atoms with Crippen molar-refractivity contribution in [1.82, 2.24) is 15.1 Å². The summed E-state index contributed by atoms with van der Waals surface area (Å²) in [5.74, 6) is 2.61. The van der Waals surface area contributed by atoms with Gasteiger partial charge in [0.05, 0.1) is 6.61 Å². The van der Waals surface area contributed by atoms with Gasteiger partial charge in [0.2, 0.25) is 0 Å². The lowest BCUT2D eigenvalue weighted by Gasteiger charge is -2.29. The number of rotatable bonds is 5. The first kappa shape index (κ1) is 20.0. The van der Waals surface area contributed by atoms with Gasteiger partial charge in [-0.2, -0.15) is 0 Å². The lowest BCUT2D eigenvalue weighted by Crippen LogP contribution is -2.41. The lowest BCUT2D eigenvalue weighted by molar-refractivity contribution is 0.157. The van der Waals surface area contributed by atoms with E-state index in [9.17, 15) is 0 Å². The van der Waals surface area contributed by atoms with E-state index in [1.165, 1.54) is 38.8 Å². The summed E-state index contributed by atoms with van der Waals surface area (Å²) in [6.45, 7) is 6.59. The van der Waals surface area contributed by atoms with Gasteiger partial charge in [0, 0.05) is 39.7 Å². The number of guanidine groups is 1. The van der Waals surface area contributed by atoms with Gasteiger partial charge >= 0.3 is 0 Å². The van der Waals surface area contributed by atoms with E-state index in [0.29, 0.717) is 5.92 Å². The van der Waals surface area contributed by atoms with Gasteiger partial charge in [-0.25, -0.2) is 0 Å². The highest BCUT2D eigenvalue weighted by Crippen LogP contribution is 2.19. The molecule has 1 N–H and O–H groups in total. The van der Waals surface area contributed by atoms with Crippen molar-refractivity contribution in [1.29, 1.82) is 0 Å². The summed E-state index contributed by atoms with van der Waals surface area (Å²) in [5.41, 5.74) is 0. The molecule has 0 aromatic carbocycles. The summed E-state index contributed by atoms with van der Waals surface area (Å²) in [4.78, 5) is 9.25. The smallest absolute Gasteiger partial charge is 0.193 e. The van der Waals surface area contributed by atoms with Crippen molar-refractivity contribution < 1.29 is 4.74 Å². The van der Waals surface area contributed by atoms with Gasteiger partial charge in [0.15, 0.2) is 5.96 Å². The maximum Gasteiger partial charge on any atom is 0.193 e. The predicted octanol–water partition coefficient (Wildman–Crippen LogP) is 1.88. The third kappa shape index (κ3) is 6.20. The SMILES string of the molecule is CN=C(NCCC1CCN(C)CC1)N1CCC(COC)C1.I. The molecule has 2 aliphatic rings. The number of hydrogen-bond acceptors (Lipinski definition) is 3. The molecule has 0 spiro atoms. The van der Waals surface area contributed by atoms with Crippen molar-refractivity contribution in [3.05, 3.63) is 0 Å². The van der Waals surface area contributed by atoms with Crippen molar-refractivity contribution in [2.24, 2.45) is 16.8 Å². The second kappa shape index (κ2) is 10.6. The van der Waals surface area contributed by atoms with E-state index in [4.69, 9.17) is 4.74 Å². The zero-order valence-electron chi connectivity index (χ0n) is 14.4. The molecule has 2 saturated heterocycles. The standard InChI is InChI=1S/C16H32N4O.HI/c1-17-16(20-11-7-15(12-20)13-21-3)18-8-4-14-5-9-19(2)10-6-14;/h14-15H,4-13H2,1-3H3,(H,17,18);1H. The summed E-state index contributed by atoms with van der Waals surface area (Å²) in [5, 5.41) is 3.55. The van der Waals surface area contributed by atoms with Gasteiger partial charge in [0.1, 0.15) is 0 Å². The Morgan fingerprint density at radius 3 is 2.50 bits per heavy atom. The summed E-state index contributed by atoms with van der Waals surface area (Å²) in [6.07, 6.45) is 5.17. The quantitative estimate of drug-likeness (QED) is 0.416. The van der Waals surface area contributed by atoms with Crippen LogP contribution in [0.3, 0.4) is 0 Å². The molecule has 130 valence electrons. The van der Waals surface area contributed by atoms with Crippen LogP contribution in [0.5, 0.6) is 0 Å². The number of nitrogens with zero attached hydrogens (tertiary/aromatic N) is 3. The van der Waals surface area contributed by atoms with E-state index in [-0.39, 0.29) is 24.0 Å². The minimum Gasteiger partial charge on any atom is -0.384 e. The molecule has 0 bridgehead atoms. The molecule has 1 unspecified atom stereocenters. The molecular formula is C16H33IN4O. The second-order valence-electron chi connectivity index (χ2n) is 6.57. The molecule has 0 amide bonds. The number of ether oxygens (including phenoxy) is 1. The zero-order valence-corrected chi connectivity index (χ0v) is 16.7. The first-order valence-electron chi connectivity index (χ1n) is 8.36. The van der Waals surface area contributed by atoms with Crippen LogP contribution < -0.4 is 5.32 Å². The van der Waals surface area contributed by atoms with Crippen LogP contribution in [0.25, 0.3) is 0 Å². The number of aliphatic imine (C=N–C) groups is 1. The van der Waals surface area contributed by atoms with Crippen molar-refractivity contribution in [3.8, 4) is 0 Å². The molecule has 2 aliphatic heterocycles. The van der Waals surface area contributed by atoms with Gasteiger partial charge in [-0.15, -0.1) is 24.0 Å². The lowest BCUT2D eigenvalue weighted by atomic mass is 9.94. The Hall–Kier alpha value is -0.0800. The van der Waals surface area contributed by atoms with Crippen molar-refractivity contribution >= 4 is 29.9 Å². The van der Waals surface area contributed by atoms with Gasteiger partial charge in [0.25, 0.3) is 0 Å². The van der Waals surface area contributed by atoms with Crippen LogP contribution in [0.15, 0.2) is 4.99 Å². The van der Waals surface area contributed by atoms with Gasteiger partial charge < -0.3 is 19.9 Å². The highest BCUT2D eigenvalue weighted by Gasteiger charge is 2.24. The minimum atomic E-state index is 0. The Balaban J connectivity index is 0.00000242. The molecule has 0 saturated carbocycles. The second-order valence-corrected chi connectivity index (χ2v) is 6.57. The number of halogens is 1. The maximum absolute atomic E-state index is 5.27. The zero-order chi connectivity index (χ0) is 15.1. The van der Waals surface area contributed by atoms with E-state index in [2.05, 4.69) is 27.2 Å². The monoisotopic (exact) mass is 424 g/mol. The largest absolute Gasteiger partial charge is 0.384 e. The average Bonchev–Trinajstić information content (AvgIpc) is 2.94. The first-order valence-corrected chi connectivity index (χ1v) is 8.36. The fourth-order valence-electron chi connectivity index (χ4n) is 3.47. The first-order chi connectivity index (χ1) is 10.2. The number of piperidine rings is 1. The van der Waals surface area contributed by atoms with Crippen molar-refractivity contribution in [2.45, 2.75) is 25.7 Å². The fourth-order valence-corrected chi connectivity index (χ4v) is 3.47. The van der Waals surface area contributed by atoms with E-state index >= 15 is 0 Å². The highest BCUT2D eigenvalue weighted by atomic mass is 127. The Morgan fingerprint density at radius 1 is 1.18 bits per heavy atom. The molecular weight excluding hydrogens is 391 g/mol. The van der Waals surface area contributed by atoms with Crippen LogP contribution in [-0.4, -0.2) is 76.3 Å². The highest BCUT2D eigenvalue weighted by molar-refractivity contribution is 14.0. The summed E-state index contributed by atoms with van der Waals surface area (Å²) < 4.78 is 5.27. The molecule has 0 aromatic heterocycles. The average molecular weight is 424 g/mol. The summed E-state index contributed by atoms with van der Waals surface area (Å²) in [7, 11) is 5.90. The Labute approximate surface area is 152 Å². The van der Waals surface area contributed by atoms with Gasteiger partial charge in [-0.1, -0.05) is 0 Å². The minimum absolute atomic E-state index is 0. The molecule has 2 rings (SSSR count). The molecule has 6 heteroatoms. The molecule has 0 radical (unpaired) electrons.